The number of nitrogens with one attached hydrogen (secondary N) is 3. The second kappa shape index (κ2) is 11.3. The highest BCUT2D eigenvalue weighted by atomic mass is 35.5. The summed E-state index contributed by atoms with van der Waals surface area (Å²) in [5.41, 5.74) is 2.13. The van der Waals surface area contributed by atoms with Gasteiger partial charge in [-0.2, -0.15) is 0 Å². The van der Waals surface area contributed by atoms with Gasteiger partial charge in [0.2, 0.25) is 5.91 Å². The number of hydrogen-bond acceptors (Lipinski definition) is 8. The van der Waals surface area contributed by atoms with Gasteiger partial charge >= 0.3 is 0 Å². The van der Waals surface area contributed by atoms with Gasteiger partial charge in [0.25, 0.3) is 5.91 Å². The summed E-state index contributed by atoms with van der Waals surface area (Å²) in [6.45, 7) is 2.32. The van der Waals surface area contributed by atoms with Crippen molar-refractivity contribution in [3.05, 3.63) is 57.8 Å². The summed E-state index contributed by atoms with van der Waals surface area (Å²) in [6.07, 6.45) is 12.6. The van der Waals surface area contributed by atoms with Gasteiger partial charge in [-0.3, -0.25) is 14.6 Å². The zero-order valence-corrected chi connectivity index (χ0v) is 20.3. The van der Waals surface area contributed by atoms with Crippen LogP contribution in [0.5, 0.6) is 0 Å². The van der Waals surface area contributed by atoms with Crippen LogP contribution in [-0.4, -0.2) is 37.8 Å². The third kappa shape index (κ3) is 6.48. The average Bonchev–Trinajstić information content (AvgIpc) is 3.52. The lowest BCUT2D eigenvalue weighted by atomic mass is 9.97. The monoisotopic (exact) mass is 499 g/mol. The van der Waals surface area contributed by atoms with Gasteiger partial charge in [-0.15, -0.1) is 11.3 Å². The van der Waals surface area contributed by atoms with Crippen molar-refractivity contribution in [1.29, 1.82) is 0 Å². The Morgan fingerprint density at radius 1 is 1.15 bits per heavy atom. The Morgan fingerprint density at radius 2 is 1.91 bits per heavy atom. The second-order valence-corrected chi connectivity index (χ2v) is 9.84. The van der Waals surface area contributed by atoms with Crippen LogP contribution in [0.25, 0.3) is 0 Å². The second-order valence-electron chi connectivity index (χ2n) is 8.29. The molecule has 0 aliphatic heterocycles. The Kier molecular flexibility index (Phi) is 8.02. The Bertz CT molecular complexity index is 1140. The molecule has 3 N–H and O–H groups in total. The predicted molar refractivity (Wildman–Crippen MR) is 132 cm³/mol. The van der Waals surface area contributed by atoms with Crippen molar-refractivity contribution < 1.29 is 9.59 Å². The maximum absolute atomic E-state index is 13.0. The molecule has 1 aliphatic carbocycles. The number of rotatable bonds is 9. The first-order chi connectivity index (χ1) is 16.5. The summed E-state index contributed by atoms with van der Waals surface area (Å²) in [4.78, 5) is 42.8. The molecule has 0 bridgehead atoms. The van der Waals surface area contributed by atoms with Gasteiger partial charge in [0.1, 0.15) is 22.3 Å². The summed E-state index contributed by atoms with van der Waals surface area (Å²) < 4.78 is 0. The van der Waals surface area contributed by atoms with E-state index in [1.807, 2.05) is 6.92 Å². The summed E-state index contributed by atoms with van der Waals surface area (Å²) in [6, 6.07) is 1.15. The molecule has 0 radical (unpaired) electrons. The van der Waals surface area contributed by atoms with E-state index in [4.69, 9.17) is 11.6 Å². The van der Waals surface area contributed by atoms with Crippen molar-refractivity contribution in [2.24, 2.45) is 5.92 Å². The molecule has 3 aromatic rings. The highest BCUT2D eigenvalue weighted by molar-refractivity contribution is 7.13. The first kappa shape index (κ1) is 24.0. The lowest BCUT2D eigenvalue weighted by Crippen LogP contribution is -2.44. The van der Waals surface area contributed by atoms with Crippen LogP contribution in [0.3, 0.4) is 0 Å². The molecule has 9 nitrogen and oxygen atoms in total. The van der Waals surface area contributed by atoms with E-state index < -0.39 is 6.04 Å². The summed E-state index contributed by atoms with van der Waals surface area (Å²) in [7, 11) is 0. The molecule has 0 aromatic carbocycles. The van der Waals surface area contributed by atoms with Gasteiger partial charge in [0.15, 0.2) is 0 Å². The molecule has 4 rings (SSSR count). The van der Waals surface area contributed by atoms with Crippen LogP contribution in [-0.2, 0) is 11.3 Å². The molecular formula is C23H26ClN7O2S. The number of halogens is 1. The summed E-state index contributed by atoms with van der Waals surface area (Å²) in [5.74, 6) is -0.170. The molecule has 3 aromatic heterocycles. The molecular weight excluding hydrogens is 474 g/mol. The largest absolute Gasteiger partial charge is 0.377 e. The molecule has 178 valence electrons. The Hall–Kier alpha value is -3.11. The van der Waals surface area contributed by atoms with E-state index >= 15 is 0 Å². The van der Waals surface area contributed by atoms with Crippen LogP contribution in [0, 0.1) is 12.8 Å². The Morgan fingerprint density at radius 3 is 2.68 bits per heavy atom. The molecule has 34 heavy (non-hydrogen) atoms. The first-order valence-electron chi connectivity index (χ1n) is 11.2. The smallest absolute Gasteiger partial charge is 0.263 e. The fourth-order valence-corrected chi connectivity index (χ4v) is 4.91. The lowest BCUT2D eigenvalue weighted by molar-refractivity contribution is -0.118. The zero-order valence-electron chi connectivity index (χ0n) is 18.8. The van der Waals surface area contributed by atoms with Gasteiger partial charge in [-0.05, 0) is 25.3 Å². The number of hydrogen-bond donors (Lipinski definition) is 3. The lowest BCUT2D eigenvalue weighted by Gasteiger charge is -2.21. The molecule has 0 spiro atoms. The van der Waals surface area contributed by atoms with Gasteiger partial charge < -0.3 is 16.0 Å². The quantitative estimate of drug-likeness (QED) is 0.403. The van der Waals surface area contributed by atoms with E-state index in [0.717, 1.165) is 42.1 Å². The Labute approximate surface area is 206 Å². The first-order valence-corrected chi connectivity index (χ1v) is 12.3. The maximum Gasteiger partial charge on any atom is 0.263 e. The van der Waals surface area contributed by atoms with Crippen molar-refractivity contribution in [3.8, 4) is 0 Å². The molecule has 0 saturated heterocycles. The zero-order chi connectivity index (χ0) is 23.9. The molecule has 11 heteroatoms. The molecule has 3 heterocycles. The third-order valence-corrected chi connectivity index (χ3v) is 6.96. The van der Waals surface area contributed by atoms with E-state index in [9.17, 15) is 9.59 Å². The molecule has 1 fully saturated rings. The Balaban J connectivity index is 1.39. The number of carbonyl (C=O) groups excluding carboxylic acids is 2. The van der Waals surface area contributed by atoms with Crippen molar-refractivity contribution in [2.45, 2.75) is 51.6 Å². The van der Waals surface area contributed by atoms with E-state index in [0.29, 0.717) is 34.5 Å². The minimum atomic E-state index is -0.653. The molecule has 0 unspecified atom stereocenters. The van der Waals surface area contributed by atoms with Crippen molar-refractivity contribution in [3.63, 3.8) is 0 Å². The van der Waals surface area contributed by atoms with E-state index in [2.05, 4.69) is 35.9 Å². The van der Waals surface area contributed by atoms with Crippen LogP contribution in [0.2, 0.25) is 5.02 Å². The number of aromatic nitrogens is 4. The van der Waals surface area contributed by atoms with E-state index in [-0.39, 0.29) is 11.8 Å². The topological polar surface area (TPSA) is 122 Å². The normalized spacial score (nSPS) is 14.5. The highest BCUT2D eigenvalue weighted by Crippen LogP contribution is 2.29. The summed E-state index contributed by atoms with van der Waals surface area (Å²) in [5, 5.41) is 10.3. The third-order valence-electron chi connectivity index (χ3n) is 5.75. The van der Waals surface area contributed by atoms with Crippen LogP contribution in [0.15, 0.2) is 37.2 Å². The number of aryl methyl sites for hydroxylation is 1. The number of thiazole rings is 1. The standard InChI is InChI=1S/C23H26ClN7O2S/c1-14-18(7-16(24)8-27-14)28-12-21-29-11-20(34-21)23(33)31-19(6-15-4-2-3-5-15)22(32)30-17-9-25-13-26-10-17/h7-11,13,15,19,28H,2-6,12H2,1H3,(H,30,32)(H,31,33)/t19-/m0/s1. The van der Waals surface area contributed by atoms with Crippen LogP contribution in [0.4, 0.5) is 11.4 Å². The average molecular weight is 500 g/mol. The van der Waals surface area contributed by atoms with Crippen LogP contribution >= 0.6 is 22.9 Å². The number of pyridine rings is 1. The fraction of sp³-hybridized carbons (Fsp3) is 0.391. The van der Waals surface area contributed by atoms with Crippen LogP contribution in [0.1, 0.15) is 52.5 Å². The van der Waals surface area contributed by atoms with Gasteiger partial charge in [-0.1, -0.05) is 37.3 Å². The highest BCUT2D eigenvalue weighted by Gasteiger charge is 2.27. The van der Waals surface area contributed by atoms with Gasteiger partial charge in [-0.25, -0.2) is 15.0 Å². The minimum Gasteiger partial charge on any atom is -0.377 e. The minimum absolute atomic E-state index is 0.273. The van der Waals surface area contributed by atoms with Gasteiger partial charge in [0, 0.05) is 6.20 Å². The SMILES string of the molecule is Cc1ncc(Cl)cc1NCc1ncc(C(=O)N[C@@H](CC2CCCC2)C(=O)Nc2cncnc2)s1. The molecule has 1 atom stereocenters. The molecule has 2 amide bonds. The van der Waals surface area contributed by atoms with Gasteiger partial charge in [0.05, 0.1) is 47.2 Å². The summed E-state index contributed by atoms with van der Waals surface area (Å²) >= 11 is 7.30. The van der Waals surface area contributed by atoms with E-state index in [1.54, 1.807) is 12.3 Å². The maximum atomic E-state index is 13.0. The number of amides is 2. The predicted octanol–water partition coefficient (Wildman–Crippen LogP) is 4.22. The number of carbonyl (C=O) groups is 2. The number of nitrogens with zero attached hydrogens (tertiary/aromatic N) is 4. The molecule has 1 aliphatic rings. The number of anilines is 2. The van der Waals surface area contributed by atoms with Crippen LogP contribution < -0.4 is 16.0 Å². The fourth-order valence-electron chi connectivity index (χ4n) is 3.99. The van der Waals surface area contributed by atoms with Crippen molar-refractivity contribution in [1.82, 2.24) is 25.3 Å². The van der Waals surface area contributed by atoms with Crippen molar-refractivity contribution >= 4 is 46.1 Å². The van der Waals surface area contributed by atoms with E-state index in [1.165, 1.54) is 36.3 Å². The van der Waals surface area contributed by atoms with Crippen molar-refractivity contribution in [2.75, 3.05) is 10.6 Å². The molecule has 1 saturated carbocycles.